The van der Waals surface area contributed by atoms with Crippen molar-refractivity contribution in [1.29, 1.82) is 0 Å². The van der Waals surface area contributed by atoms with Gasteiger partial charge < -0.3 is 10.6 Å². The highest BCUT2D eigenvalue weighted by atomic mass is 35.5. The third kappa shape index (κ3) is 3.57. The van der Waals surface area contributed by atoms with Crippen LogP contribution in [0.25, 0.3) is 16.0 Å². The van der Waals surface area contributed by atoms with Gasteiger partial charge in [0.25, 0.3) is 5.91 Å². The molecule has 2 aromatic heterocycles. The van der Waals surface area contributed by atoms with Crippen LogP contribution in [0.2, 0.25) is 0 Å². The Morgan fingerprint density at radius 3 is 2.72 bits per heavy atom. The molecule has 1 aliphatic rings. The van der Waals surface area contributed by atoms with Crippen LogP contribution in [0.1, 0.15) is 41.8 Å². The number of fused-ring (bicyclic) bond motifs is 3. The van der Waals surface area contributed by atoms with E-state index in [0.717, 1.165) is 33.7 Å². The molecule has 3 aromatic rings. The van der Waals surface area contributed by atoms with Gasteiger partial charge in [0.2, 0.25) is 0 Å². The molecular formula is C17H22Cl2N4OS. The van der Waals surface area contributed by atoms with Gasteiger partial charge in [0.05, 0.1) is 11.0 Å². The molecule has 0 aliphatic heterocycles. The van der Waals surface area contributed by atoms with Gasteiger partial charge in [0, 0.05) is 25.0 Å². The molecule has 1 aromatic carbocycles. The normalized spacial score (nSPS) is 14.9. The summed E-state index contributed by atoms with van der Waals surface area (Å²) in [7, 11) is 1.93. The minimum absolute atomic E-state index is 0. The number of aromatic nitrogens is 2. The molecule has 0 atom stereocenters. The van der Waals surface area contributed by atoms with Crippen molar-refractivity contribution < 1.29 is 4.79 Å². The Labute approximate surface area is 163 Å². The topological polar surface area (TPSA) is 63.6 Å². The Morgan fingerprint density at radius 1 is 1.28 bits per heavy atom. The van der Waals surface area contributed by atoms with Crippen LogP contribution in [0.5, 0.6) is 0 Å². The van der Waals surface area contributed by atoms with Gasteiger partial charge in [-0.1, -0.05) is 30.6 Å². The SMILES string of the molecule is CN(C(=O)c1cn2c(nc3cc(N)ccc32)s1)C1CCCCC1.Cl.Cl. The summed E-state index contributed by atoms with van der Waals surface area (Å²) in [6.07, 6.45) is 7.89. The molecule has 8 heteroatoms. The Balaban J connectivity index is 0.00000113. The van der Waals surface area contributed by atoms with Gasteiger partial charge in [0.15, 0.2) is 4.96 Å². The lowest BCUT2D eigenvalue weighted by atomic mass is 9.94. The van der Waals surface area contributed by atoms with E-state index in [1.54, 1.807) is 0 Å². The number of rotatable bonds is 2. The van der Waals surface area contributed by atoms with E-state index in [-0.39, 0.29) is 30.7 Å². The van der Waals surface area contributed by atoms with Crippen molar-refractivity contribution in [2.24, 2.45) is 0 Å². The maximum atomic E-state index is 12.8. The van der Waals surface area contributed by atoms with Crippen molar-refractivity contribution in [3.63, 3.8) is 0 Å². The highest BCUT2D eigenvalue weighted by molar-refractivity contribution is 7.18. The minimum atomic E-state index is 0. The lowest BCUT2D eigenvalue weighted by Gasteiger charge is -2.30. The molecule has 2 heterocycles. The minimum Gasteiger partial charge on any atom is -0.399 e. The standard InChI is InChI=1S/C17H20N4OS.2ClH/c1-20(12-5-3-2-4-6-12)16(22)15-10-21-14-8-7-11(18)9-13(14)19-17(21)23-15;;/h7-10,12H,2-6,18H2,1H3;2*1H. The Bertz CT molecular complexity index is 885. The van der Waals surface area contributed by atoms with E-state index in [1.165, 1.54) is 30.6 Å². The van der Waals surface area contributed by atoms with E-state index >= 15 is 0 Å². The van der Waals surface area contributed by atoms with Crippen LogP contribution in [-0.2, 0) is 0 Å². The summed E-state index contributed by atoms with van der Waals surface area (Å²) in [5, 5.41) is 0. The second kappa shape index (κ2) is 7.81. The first kappa shape index (κ1) is 19.8. The number of nitrogens with zero attached hydrogens (tertiary/aromatic N) is 3. The summed E-state index contributed by atoms with van der Waals surface area (Å²) in [4.78, 5) is 20.9. The van der Waals surface area contributed by atoms with E-state index in [0.29, 0.717) is 11.7 Å². The first-order valence-corrected chi connectivity index (χ1v) is 8.89. The van der Waals surface area contributed by atoms with Crippen molar-refractivity contribution in [3.8, 4) is 0 Å². The molecule has 0 bridgehead atoms. The number of thiazole rings is 1. The molecule has 4 rings (SSSR count). The number of anilines is 1. The molecule has 0 saturated heterocycles. The van der Waals surface area contributed by atoms with Crippen molar-refractivity contribution in [3.05, 3.63) is 29.3 Å². The third-order valence-electron chi connectivity index (χ3n) is 4.78. The first-order chi connectivity index (χ1) is 11.1. The van der Waals surface area contributed by atoms with Gasteiger partial charge in [-0.15, -0.1) is 24.8 Å². The second-order valence-corrected chi connectivity index (χ2v) is 7.32. The fraction of sp³-hybridized carbons (Fsp3) is 0.412. The number of benzene rings is 1. The fourth-order valence-electron chi connectivity index (χ4n) is 3.44. The molecule has 0 spiro atoms. The molecule has 1 fully saturated rings. The highest BCUT2D eigenvalue weighted by Gasteiger charge is 2.24. The summed E-state index contributed by atoms with van der Waals surface area (Å²) in [6.45, 7) is 0. The molecular weight excluding hydrogens is 379 g/mol. The number of carbonyl (C=O) groups is 1. The fourth-order valence-corrected chi connectivity index (χ4v) is 4.42. The molecule has 1 saturated carbocycles. The first-order valence-electron chi connectivity index (χ1n) is 8.08. The maximum absolute atomic E-state index is 12.8. The average Bonchev–Trinajstić information content (AvgIpc) is 3.11. The zero-order valence-corrected chi connectivity index (χ0v) is 16.4. The average molecular weight is 401 g/mol. The van der Waals surface area contributed by atoms with Crippen LogP contribution in [-0.4, -0.2) is 33.3 Å². The van der Waals surface area contributed by atoms with Crippen LogP contribution < -0.4 is 5.73 Å². The van der Waals surface area contributed by atoms with E-state index in [9.17, 15) is 4.79 Å². The molecule has 2 N–H and O–H groups in total. The number of imidazole rings is 1. The molecule has 0 unspecified atom stereocenters. The molecule has 5 nitrogen and oxygen atoms in total. The molecule has 25 heavy (non-hydrogen) atoms. The lowest BCUT2D eigenvalue weighted by Crippen LogP contribution is -2.37. The Kier molecular flexibility index (Phi) is 6.19. The Morgan fingerprint density at radius 2 is 2.00 bits per heavy atom. The van der Waals surface area contributed by atoms with Crippen molar-refractivity contribution in [2.45, 2.75) is 38.1 Å². The number of amides is 1. The summed E-state index contributed by atoms with van der Waals surface area (Å²) in [6, 6.07) is 6.06. The molecule has 136 valence electrons. The highest BCUT2D eigenvalue weighted by Crippen LogP contribution is 2.28. The van der Waals surface area contributed by atoms with Crippen LogP contribution in [0, 0.1) is 0 Å². The zero-order chi connectivity index (χ0) is 16.0. The third-order valence-corrected chi connectivity index (χ3v) is 5.75. The van der Waals surface area contributed by atoms with E-state index < -0.39 is 0 Å². The zero-order valence-electron chi connectivity index (χ0n) is 14.0. The van der Waals surface area contributed by atoms with Gasteiger partial charge in [0.1, 0.15) is 4.88 Å². The second-order valence-electron chi connectivity index (χ2n) is 6.32. The largest absolute Gasteiger partial charge is 0.399 e. The van der Waals surface area contributed by atoms with Gasteiger partial charge in [-0.05, 0) is 31.0 Å². The summed E-state index contributed by atoms with van der Waals surface area (Å²) >= 11 is 1.45. The van der Waals surface area contributed by atoms with Gasteiger partial charge in [-0.3, -0.25) is 9.20 Å². The summed E-state index contributed by atoms with van der Waals surface area (Å²) in [5.74, 6) is 0.107. The molecule has 1 amide bonds. The summed E-state index contributed by atoms with van der Waals surface area (Å²) < 4.78 is 1.99. The predicted molar refractivity (Wildman–Crippen MR) is 108 cm³/mol. The summed E-state index contributed by atoms with van der Waals surface area (Å²) in [5.41, 5.74) is 8.38. The van der Waals surface area contributed by atoms with Crippen LogP contribution in [0.4, 0.5) is 5.69 Å². The van der Waals surface area contributed by atoms with Crippen LogP contribution in [0.15, 0.2) is 24.4 Å². The lowest BCUT2D eigenvalue weighted by molar-refractivity contribution is 0.0701. The number of hydrogen-bond acceptors (Lipinski definition) is 4. The number of hydrogen-bond donors (Lipinski definition) is 1. The van der Waals surface area contributed by atoms with Crippen molar-refractivity contribution in [1.82, 2.24) is 14.3 Å². The Hall–Kier alpha value is -1.50. The number of carbonyl (C=O) groups excluding carboxylic acids is 1. The van der Waals surface area contributed by atoms with Crippen LogP contribution in [0.3, 0.4) is 0 Å². The molecule has 1 aliphatic carbocycles. The van der Waals surface area contributed by atoms with E-state index in [1.807, 2.05) is 40.7 Å². The number of nitrogens with two attached hydrogens (primary N) is 1. The smallest absolute Gasteiger partial charge is 0.265 e. The van der Waals surface area contributed by atoms with E-state index in [4.69, 9.17) is 5.73 Å². The quantitative estimate of drug-likeness (QED) is 0.649. The van der Waals surface area contributed by atoms with Gasteiger partial charge in [-0.25, -0.2) is 4.98 Å². The number of nitrogen functional groups attached to an aromatic ring is 1. The van der Waals surface area contributed by atoms with Crippen molar-refractivity contribution >= 4 is 63.7 Å². The van der Waals surface area contributed by atoms with Crippen molar-refractivity contribution in [2.75, 3.05) is 12.8 Å². The van der Waals surface area contributed by atoms with E-state index in [2.05, 4.69) is 4.98 Å². The predicted octanol–water partition coefficient (Wildman–Crippen LogP) is 4.38. The van der Waals surface area contributed by atoms with Gasteiger partial charge >= 0.3 is 0 Å². The number of halogens is 2. The maximum Gasteiger partial charge on any atom is 0.265 e. The molecule has 0 radical (unpaired) electrons. The monoisotopic (exact) mass is 400 g/mol. The van der Waals surface area contributed by atoms with Crippen LogP contribution >= 0.6 is 36.2 Å². The van der Waals surface area contributed by atoms with Gasteiger partial charge in [-0.2, -0.15) is 0 Å².